The van der Waals surface area contributed by atoms with Crippen molar-refractivity contribution in [2.75, 3.05) is 19.6 Å². The normalized spacial score (nSPS) is 24.2. The molecule has 0 aromatic heterocycles. The predicted molar refractivity (Wildman–Crippen MR) is 81.3 cm³/mol. The van der Waals surface area contributed by atoms with E-state index in [1.807, 2.05) is 0 Å². The Morgan fingerprint density at radius 1 is 1.19 bits per heavy atom. The molecule has 0 unspecified atom stereocenters. The van der Waals surface area contributed by atoms with Crippen LogP contribution in [0, 0.1) is 17.5 Å². The van der Waals surface area contributed by atoms with E-state index in [4.69, 9.17) is 0 Å². The maximum atomic E-state index is 13.8. The van der Waals surface area contributed by atoms with E-state index >= 15 is 0 Å². The Labute approximate surface area is 146 Å². The molecule has 0 saturated carbocycles. The lowest BCUT2D eigenvalue weighted by atomic mass is 10.0. The second-order valence-corrected chi connectivity index (χ2v) is 6.27. The number of aliphatic hydroxyl groups excluding tert-OH is 1. The molecule has 0 spiro atoms. The number of hydrogen-bond donors (Lipinski definition) is 2. The summed E-state index contributed by atoms with van der Waals surface area (Å²) in [7, 11) is 0. The van der Waals surface area contributed by atoms with Gasteiger partial charge in [0.2, 0.25) is 11.8 Å². The molecule has 7 nitrogen and oxygen atoms in total. The minimum atomic E-state index is -1.41. The third-order valence-electron chi connectivity index (χ3n) is 4.54. The second-order valence-electron chi connectivity index (χ2n) is 6.27. The summed E-state index contributed by atoms with van der Waals surface area (Å²) < 4.78 is 40.2. The Kier molecular flexibility index (Phi) is 4.61. The molecule has 2 aliphatic heterocycles. The van der Waals surface area contributed by atoms with E-state index in [1.54, 1.807) is 0 Å². The van der Waals surface area contributed by atoms with Gasteiger partial charge in [-0.15, -0.1) is 0 Å². The number of halogens is 3. The van der Waals surface area contributed by atoms with Gasteiger partial charge in [-0.25, -0.2) is 13.2 Å². The molecule has 26 heavy (non-hydrogen) atoms. The Bertz CT molecular complexity index is 786. The number of carbonyl (C=O) groups excluding carboxylic acids is 3. The number of nitrogens with zero attached hydrogens (tertiary/aromatic N) is 2. The van der Waals surface area contributed by atoms with Crippen LogP contribution in [0.5, 0.6) is 0 Å². The van der Waals surface area contributed by atoms with Gasteiger partial charge >= 0.3 is 0 Å². The molecule has 1 aromatic rings. The predicted octanol–water partition coefficient (Wildman–Crippen LogP) is -0.364. The molecule has 140 valence electrons. The fourth-order valence-electron chi connectivity index (χ4n) is 3.13. The molecule has 1 aromatic carbocycles. The van der Waals surface area contributed by atoms with Crippen molar-refractivity contribution in [3.05, 3.63) is 35.1 Å². The molecule has 2 N–H and O–H groups in total. The molecule has 10 heteroatoms. The van der Waals surface area contributed by atoms with Crippen LogP contribution in [0.2, 0.25) is 0 Å². The summed E-state index contributed by atoms with van der Waals surface area (Å²) in [6.45, 7) is 1.13. The van der Waals surface area contributed by atoms with Gasteiger partial charge in [0, 0.05) is 19.2 Å². The number of rotatable bonds is 2. The van der Waals surface area contributed by atoms with Gasteiger partial charge in [-0.2, -0.15) is 0 Å². The number of fused-ring (bicyclic) bond motifs is 1. The van der Waals surface area contributed by atoms with E-state index in [0.717, 1.165) is 4.90 Å². The third-order valence-corrected chi connectivity index (χ3v) is 4.54. The summed E-state index contributed by atoms with van der Waals surface area (Å²) in [5, 5.41) is 12.0. The van der Waals surface area contributed by atoms with Crippen LogP contribution >= 0.6 is 0 Å². The smallest absolute Gasteiger partial charge is 0.257 e. The summed E-state index contributed by atoms with van der Waals surface area (Å²) in [6.07, 6.45) is -1.08. The van der Waals surface area contributed by atoms with Crippen LogP contribution in [-0.2, 0) is 9.59 Å². The summed E-state index contributed by atoms with van der Waals surface area (Å²) in [4.78, 5) is 39.3. The number of benzene rings is 1. The monoisotopic (exact) mass is 371 g/mol. The van der Waals surface area contributed by atoms with Gasteiger partial charge in [0.15, 0.2) is 11.6 Å². The number of carbonyl (C=O) groups is 3. The highest BCUT2D eigenvalue weighted by molar-refractivity contribution is 5.99. The molecule has 2 fully saturated rings. The van der Waals surface area contributed by atoms with Crippen molar-refractivity contribution in [1.29, 1.82) is 0 Å². The summed E-state index contributed by atoms with van der Waals surface area (Å²) >= 11 is 0. The van der Waals surface area contributed by atoms with Gasteiger partial charge in [-0.1, -0.05) is 0 Å². The molecule has 0 aliphatic carbocycles. The van der Waals surface area contributed by atoms with E-state index in [0.29, 0.717) is 6.07 Å². The van der Waals surface area contributed by atoms with Crippen molar-refractivity contribution in [1.82, 2.24) is 15.1 Å². The van der Waals surface area contributed by atoms with Crippen LogP contribution in [0.1, 0.15) is 17.3 Å². The van der Waals surface area contributed by atoms with E-state index in [1.165, 1.54) is 11.8 Å². The molecular weight excluding hydrogens is 355 g/mol. The largest absolute Gasteiger partial charge is 0.391 e. The fourth-order valence-corrected chi connectivity index (χ4v) is 3.13. The zero-order chi connectivity index (χ0) is 19.2. The Morgan fingerprint density at radius 3 is 2.50 bits per heavy atom. The first-order valence-corrected chi connectivity index (χ1v) is 7.93. The minimum absolute atomic E-state index is 0.00280. The fraction of sp³-hybridized carbons (Fsp3) is 0.438. The number of hydrogen-bond acceptors (Lipinski definition) is 4. The van der Waals surface area contributed by atoms with Crippen LogP contribution in [0.15, 0.2) is 12.1 Å². The van der Waals surface area contributed by atoms with Gasteiger partial charge in [0.1, 0.15) is 17.9 Å². The average Bonchev–Trinajstić information content (AvgIpc) is 2.60. The van der Waals surface area contributed by atoms with Crippen molar-refractivity contribution in [3.8, 4) is 0 Å². The standard InChI is InChI=1S/C16H16F3N3O4/c1-7(23)13-16(26)22-3-2-21(6-12(22)14(24)20-13)15(25)8-4-10(18)11(19)5-9(8)17/h4-5,7,12-13,23H,2-3,6H2,1H3,(H,20,24)/t7-,12-,13+/m1/s1. The summed E-state index contributed by atoms with van der Waals surface area (Å²) in [5.41, 5.74) is -0.651. The van der Waals surface area contributed by atoms with Crippen LogP contribution < -0.4 is 5.32 Å². The zero-order valence-corrected chi connectivity index (χ0v) is 13.7. The van der Waals surface area contributed by atoms with Crippen molar-refractivity contribution in [3.63, 3.8) is 0 Å². The van der Waals surface area contributed by atoms with Gasteiger partial charge in [0.05, 0.1) is 18.2 Å². The van der Waals surface area contributed by atoms with Crippen LogP contribution in [0.3, 0.4) is 0 Å². The number of amides is 3. The number of piperazine rings is 2. The quantitative estimate of drug-likeness (QED) is 0.695. The van der Waals surface area contributed by atoms with Gasteiger partial charge in [0.25, 0.3) is 5.91 Å². The first kappa shape index (κ1) is 18.2. The van der Waals surface area contributed by atoms with Crippen molar-refractivity contribution in [2.24, 2.45) is 0 Å². The van der Waals surface area contributed by atoms with Gasteiger partial charge < -0.3 is 20.2 Å². The van der Waals surface area contributed by atoms with Crippen molar-refractivity contribution < 1.29 is 32.7 Å². The van der Waals surface area contributed by atoms with Crippen LogP contribution in [0.25, 0.3) is 0 Å². The lowest BCUT2D eigenvalue weighted by Gasteiger charge is -2.45. The summed E-state index contributed by atoms with van der Waals surface area (Å²) in [5.74, 6) is -5.92. The van der Waals surface area contributed by atoms with E-state index in [9.17, 15) is 32.7 Å². The number of aliphatic hydroxyl groups is 1. The highest BCUT2D eigenvalue weighted by atomic mass is 19.2. The molecule has 0 radical (unpaired) electrons. The first-order chi connectivity index (χ1) is 12.2. The maximum absolute atomic E-state index is 13.8. The maximum Gasteiger partial charge on any atom is 0.257 e. The van der Waals surface area contributed by atoms with Crippen molar-refractivity contribution in [2.45, 2.75) is 25.1 Å². The number of nitrogens with one attached hydrogen (secondary N) is 1. The van der Waals surface area contributed by atoms with E-state index < -0.39 is 58.9 Å². The second kappa shape index (κ2) is 6.60. The average molecular weight is 371 g/mol. The molecule has 2 saturated heterocycles. The van der Waals surface area contributed by atoms with E-state index in [-0.39, 0.29) is 25.7 Å². The highest BCUT2D eigenvalue weighted by Crippen LogP contribution is 2.21. The SMILES string of the molecule is C[C@@H](O)[C@@H]1NC(=O)[C@H]2CN(C(=O)c3cc(F)c(F)cc3F)CCN2C1=O. The van der Waals surface area contributed by atoms with Crippen molar-refractivity contribution >= 4 is 17.7 Å². The van der Waals surface area contributed by atoms with Crippen LogP contribution in [0.4, 0.5) is 13.2 Å². The minimum Gasteiger partial charge on any atom is -0.391 e. The lowest BCUT2D eigenvalue weighted by molar-refractivity contribution is -0.155. The zero-order valence-electron chi connectivity index (χ0n) is 13.7. The van der Waals surface area contributed by atoms with Gasteiger partial charge in [-0.05, 0) is 13.0 Å². The van der Waals surface area contributed by atoms with Gasteiger partial charge in [-0.3, -0.25) is 14.4 Å². The summed E-state index contributed by atoms with van der Waals surface area (Å²) in [6, 6.07) is -1.31. The molecule has 3 atom stereocenters. The molecule has 2 aliphatic rings. The molecular formula is C16H16F3N3O4. The topological polar surface area (TPSA) is 89.9 Å². The molecule has 2 heterocycles. The third kappa shape index (κ3) is 3.00. The molecule has 0 bridgehead atoms. The van der Waals surface area contributed by atoms with Crippen LogP contribution in [-0.4, -0.2) is 70.4 Å². The lowest BCUT2D eigenvalue weighted by Crippen LogP contribution is -2.71. The highest BCUT2D eigenvalue weighted by Gasteiger charge is 2.45. The first-order valence-electron chi connectivity index (χ1n) is 7.93. The Hall–Kier alpha value is -2.62. The Balaban J connectivity index is 1.80. The molecule has 3 amide bonds. The molecule has 3 rings (SSSR count). The Morgan fingerprint density at radius 2 is 1.85 bits per heavy atom. The van der Waals surface area contributed by atoms with E-state index in [2.05, 4.69) is 5.32 Å².